The summed E-state index contributed by atoms with van der Waals surface area (Å²) >= 11 is 0. The van der Waals surface area contributed by atoms with E-state index < -0.39 is 16.1 Å². The molecule has 0 spiro atoms. The fourth-order valence-corrected chi connectivity index (χ4v) is 4.42. The molecule has 8 heteroatoms. The smallest absolute Gasteiger partial charge is 0.253 e. The number of carbonyl (C=O) groups excluding carboxylic acids is 1. The molecule has 3 atom stereocenters. The minimum Gasteiger partial charge on any atom is -0.373 e. The van der Waals surface area contributed by atoms with Crippen molar-refractivity contribution in [3.63, 3.8) is 0 Å². The summed E-state index contributed by atoms with van der Waals surface area (Å²) < 4.78 is 38.1. The zero-order valence-electron chi connectivity index (χ0n) is 16.1. The fourth-order valence-electron chi connectivity index (χ4n) is 2.83. The fraction of sp³-hybridized carbons (Fsp3) is 0.526. The number of carbonyl (C=O) groups is 1. The SMILES string of the molecule is C=CCCOC(C)C(=O)Nc1ccc(S(=O)(=O)N2CC(C)OC(C)C2)cc1. The maximum Gasteiger partial charge on any atom is 0.253 e. The lowest BCUT2D eigenvalue weighted by atomic mass is 10.3. The molecule has 3 unspecified atom stereocenters. The van der Waals surface area contributed by atoms with Gasteiger partial charge >= 0.3 is 0 Å². The van der Waals surface area contributed by atoms with Gasteiger partial charge in [-0.15, -0.1) is 6.58 Å². The number of hydrogen-bond acceptors (Lipinski definition) is 5. The summed E-state index contributed by atoms with van der Waals surface area (Å²) in [6.45, 7) is 10.0. The van der Waals surface area contributed by atoms with Gasteiger partial charge in [-0.25, -0.2) is 8.42 Å². The summed E-state index contributed by atoms with van der Waals surface area (Å²) in [4.78, 5) is 12.3. The van der Waals surface area contributed by atoms with Crippen LogP contribution in [-0.2, 0) is 24.3 Å². The molecule has 1 saturated heterocycles. The third-order valence-electron chi connectivity index (χ3n) is 4.20. The van der Waals surface area contributed by atoms with Gasteiger partial charge in [-0.1, -0.05) is 6.08 Å². The zero-order valence-corrected chi connectivity index (χ0v) is 16.9. The van der Waals surface area contributed by atoms with E-state index in [2.05, 4.69) is 11.9 Å². The van der Waals surface area contributed by atoms with Gasteiger partial charge in [-0.3, -0.25) is 4.79 Å². The first-order valence-electron chi connectivity index (χ1n) is 9.03. The number of amides is 1. The second-order valence-corrected chi connectivity index (χ2v) is 8.62. The van der Waals surface area contributed by atoms with Crippen molar-refractivity contribution in [3.05, 3.63) is 36.9 Å². The van der Waals surface area contributed by atoms with E-state index in [0.717, 1.165) is 0 Å². The second kappa shape index (κ2) is 9.45. The van der Waals surface area contributed by atoms with Crippen LogP contribution in [0.2, 0.25) is 0 Å². The average molecular weight is 397 g/mol. The predicted molar refractivity (Wildman–Crippen MR) is 104 cm³/mol. The van der Waals surface area contributed by atoms with E-state index in [9.17, 15) is 13.2 Å². The van der Waals surface area contributed by atoms with E-state index in [-0.39, 0.29) is 23.0 Å². The number of benzene rings is 1. The van der Waals surface area contributed by atoms with Crippen LogP contribution in [0.15, 0.2) is 41.8 Å². The molecule has 1 aliphatic heterocycles. The Labute approximate surface area is 161 Å². The van der Waals surface area contributed by atoms with Gasteiger partial charge in [-0.2, -0.15) is 4.31 Å². The first-order valence-corrected chi connectivity index (χ1v) is 10.5. The largest absolute Gasteiger partial charge is 0.373 e. The molecule has 27 heavy (non-hydrogen) atoms. The van der Waals surface area contributed by atoms with Gasteiger partial charge in [-0.05, 0) is 51.5 Å². The van der Waals surface area contributed by atoms with Gasteiger partial charge in [0.15, 0.2) is 0 Å². The van der Waals surface area contributed by atoms with E-state index in [1.54, 1.807) is 25.1 Å². The minimum atomic E-state index is -3.60. The van der Waals surface area contributed by atoms with Crippen molar-refractivity contribution >= 4 is 21.6 Å². The van der Waals surface area contributed by atoms with Crippen molar-refractivity contribution in [3.8, 4) is 0 Å². The number of nitrogens with one attached hydrogen (secondary N) is 1. The van der Waals surface area contributed by atoms with E-state index in [1.807, 2.05) is 13.8 Å². The Morgan fingerprint density at radius 1 is 1.33 bits per heavy atom. The van der Waals surface area contributed by atoms with Crippen molar-refractivity contribution in [2.45, 2.75) is 50.4 Å². The number of ether oxygens (including phenoxy) is 2. The molecule has 0 aromatic heterocycles. The van der Waals surface area contributed by atoms with Gasteiger partial charge in [0.25, 0.3) is 5.91 Å². The lowest BCUT2D eigenvalue weighted by Crippen LogP contribution is -2.48. The van der Waals surface area contributed by atoms with Crippen molar-refractivity contribution in [2.75, 3.05) is 25.0 Å². The van der Waals surface area contributed by atoms with Gasteiger partial charge in [0.05, 0.1) is 23.7 Å². The molecule has 1 aromatic carbocycles. The highest BCUT2D eigenvalue weighted by atomic mass is 32.2. The van der Waals surface area contributed by atoms with Gasteiger partial charge < -0.3 is 14.8 Å². The highest BCUT2D eigenvalue weighted by molar-refractivity contribution is 7.89. The van der Waals surface area contributed by atoms with Gasteiger partial charge in [0, 0.05) is 18.8 Å². The Kier molecular flexibility index (Phi) is 7.55. The maximum absolute atomic E-state index is 12.8. The number of hydrogen-bond donors (Lipinski definition) is 1. The second-order valence-electron chi connectivity index (χ2n) is 6.68. The van der Waals surface area contributed by atoms with Crippen LogP contribution in [0.4, 0.5) is 5.69 Å². The standard InChI is InChI=1S/C19H28N2O5S/c1-5-6-11-25-16(4)19(22)20-17-7-9-18(10-8-17)27(23,24)21-12-14(2)26-15(3)13-21/h5,7-10,14-16H,1,6,11-13H2,2-4H3,(H,20,22). The number of anilines is 1. The summed E-state index contributed by atoms with van der Waals surface area (Å²) in [6, 6.07) is 6.15. The Morgan fingerprint density at radius 2 is 1.93 bits per heavy atom. The Balaban J connectivity index is 2.01. The lowest BCUT2D eigenvalue weighted by Gasteiger charge is -2.34. The molecule has 1 aliphatic rings. The summed E-state index contributed by atoms with van der Waals surface area (Å²) in [7, 11) is -3.60. The van der Waals surface area contributed by atoms with Gasteiger partial charge in [0.1, 0.15) is 6.10 Å². The first-order chi connectivity index (χ1) is 12.7. The summed E-state index contributed by atoms with van der Waals surface area (Å²) in [5.41, 5.74) is 0.516. The molecule has 0 bridgehead atoms. The Bertz CT molecular complexity index is 738. The Hall–Kier alpha value is -1.74. The number of rotatable bonds is 8. The molecule has 1 aromatic rings. The molecule has 1 fully saturated rings. The monoisotopic (exact) mass is 396 g/mol. The minimum absolute atomic E-state index is 0.148. The normalized spacial score (nSPS) is 22.2. The van der Waals surface area contributed by atoms with Crippen LogP contribution < -0.4 is 5.32 Å². The van der Waals surface area contributed by atoms with E-state index in [0.29, 0.717) is 31.8 Å². The number of sulfonamides is 1. The van der Waals surface area contributed by atoms with Crippen LogP contribution in [0.25, 0.3) is 0 Å². The van der Waals surface area contributed by atoms with E-state index >= 15 is 0 Å². The quantitative estimate of drug-likeness (QED) is 0.539. The van der Waals surface area contributed by atoms with Crippen molar-refractivity contribution in [2.24, 2.45) is 0 Å². The lowest BCUT2D eigenvalue weighted by molar-refractivity contribution is -0.126. The molecule has 1 heterocycles. The van der Waals surface area contributed by atoms with Crippen LogP contribution >= 0.6 is 0 Å². The summed E-state index contributed by atoms with van der Waals surface area (Å²) in [6.07, 6.45) is 1.49. The molecule has 1 N–H and O–H groups in total. The van der Waals surface area contributed by atoms with Crippen LogP contribution in [0, 0.1) is 0 Å². The highest BCUT2D eigenvalue weighted by Gasteiger charge is 2.32. The summed E-state index contributed by atoms with van der Waals surface area (Å²) in [5, 5.41) is 2.72. The maximum atomic E-state index is 12.8. The van der Waals surface area contributed by atoms with Crippen molar-refractivity contribution < 1.29 is 22.7 Å². The summed E-state index contributed by atoms with van der Waals surface area (Å²) in [5.74, 6) is -0.287. The Morgan fingerprint density at radius 3 is 2.48 bits per heavy atom. The molecule has 1 amide bonds. The van der Waals surface area contributed by atoms with Crippen LogP contribution in [0.3, 0.4) is 0 Å². The number of morpholine rings is 1. The van der Waals surface area contributed by atoms with Crippen molar-refractivity contribution in [1.82, 2.24) is 4.31 Å². The molecule has 150 valence electrons. The molecule has 0 aliphatic carbocycles. The van der Waals surface area contributed by atoms with Crippen molar-refractivity contribution in [1.29, 1.82) is 0 Å². The van der Waals surface area contributed by atoms with Crippen LogP contribution in [-0.4, -0.2) is 56.6 Å². The predicted octanol–water partition coefficient (Wildman–Crippen LogP) is 2.40. The van der Waals surface area contributed by atoms with E-state index in [1.165, 1.54) is 16.4 Å². The zero-order chi connectivity index (χ0) is 20.0. The third kappa shape index (κ3) is 5.87. The molecule has 0 saturated carbocycles. The molecular formula is C19H28N2O5S. The van der Waals surface area contributed by atoms with Gasteiger partial charge in [0.2, 0.25) is 10.0 Å². The molecular weight excluding hydrogens is 368 g/mol. The van der Waals surface area contributed by atoms with Crippen LogP contribution in [0.1, 0.15) is 27.2 Å². The third-order valence-corrected chi connectivity index (χ3v) is 6.05. The number of nitrogens with zero attached hydrogens (tertiary/aromatic N) is 1. The van der Waals surface area contributed by atoms with Crippen LogP contribution in [0.5, 0.6) is 0 Å². The topological polar surface area (TPSA) is 84.9 Å². The first kappa shape index (κ1) is 21.6. The van der Waals surface area contributed by atoms with E-state index in [4.69, 9.17) is 9.47 Å². The molecule has 0 radical (unpaired) electrons. The average Bonchev–Trinajstić information content (AvgIpc) is 2.61. The highest BCUT2D eigenvalue weighted by Crippen LogP contribution is 2.22. The molecule has 2 rings (SSSR count). The molecule has 7 nitrogen and oxygen atoms in total.